The van der Waals surface area contributed by atoms with Crippen molar-refractivity contribution in [2.75, 3.05) is 5.73 Å². The maximum absolute atomic E-state index is 13.7. The van der Waals surface area contributed by atoms with E-state index in [0.29, 0.717) is 21.5 Å². The molecule has 0 aliphatic carbocycles. The fraction of sp³-hybridized carbons (Fsp3) is 0.0769. The standard InChI is InChI=1S/C13H10FN3OS2/c14-8-2-1-3-9-10(8)11(15)12(20-9)13(18)17-5-7-4-16-6-19-7/h1-4,6H,5,15H2,(H,17,18). The number of benzene rings is 1. The number of thiophene rings is 1. The number of aromatic nitrogens is 1. The lowest BCUT2D eigenvalue weighted by atomic mass is 10.2. The smallest absolute Gasteiger partial charge is 0.263 e. The summed E-state index contributed by atoms with van der Waals surface area (Å²) in [5.74, 6) is -0.700. The highest BCUT2D eigenvalue weighted by molar-refractivity contribution is 7.21. The van der Waals surface area contributed by atoms with E-state index in [0.717, 1.165) is 4.88 Å². The van der Waals surface area contributed by atoms with Crippen LogP contribution < -0.4 is 11.1 Å². The second-order valence-electron chi connectivity index (χ2n) is 4.11. The molecule has 2 heterocycles. The predicted octanol–water partition coefficient (Wildman–Crippen LogP) is 3.01. The van der Waals surface area contributed by atoms with E-state index in [4.69, 9.17) is 5.73 Å². The number of carbonyl (C=O) groups is 1. The third-order valence-electron chi connectivity index (χ3n) is 2.81. The van der Waals surface area contributed by atoms with E-state index < -0.39 is 5.82 Å². The summed E-state index contributed by atoms with van der Waals surface area (Å²) < 4.78 is 14.4. The van der Waals surface area contributed by atoms with E-state index in [9.17, 15) is 9.18 Å². The topological polar surface area (TPSA) is 68.0 Å². The van der Waals surface area contributed by atoms with Gasteiger partial charge in [0.15, 0.2) is 0 Å². The molecular weight excluding hydrogens is 297 g/mol. The average molecular weight is 307 g/mol. The number of carbonyl (C=O) groups excluding carboxylic acids is 1. The van der Waals surface area contributed by atoms with E-state index in [1.54, 1.807) is 23.8 Å². The molecule has 3 N–H and O–H groups in total. The summed E-state index contributed by atoms with van der Waals surface area (Å²) in [6.07, 6.45) is 1.69. The first-order chi connectivity index (χ1) is 9.66. The summed E-state index contributed by atoms with van der Waals surface area (Å²) in [4.78, 5) is 17.3. The van der Waals surface area contributed by atoms with Gasteiger partial charge in [0, 0.05) is 15.8 Å². The zero-order chi connectivity index (χ0) is 14.1. The highest BCUT2D eigenvalue weighted by Gasteiger charge is 2.18. The molecule has 0 aliphatic heterocycles. The first-order valence-electron chi connectivity index (χ1n) is 5.79. The number of hydrogen-bond donors (Lipinski definition) is 2. The molecule has 0 unspecified atom stereocenters. The highest BCUT2D eigenvalue weighted by atomic mass is 32.1. The number of anilines is 1. The molecule has 0 bridgehead atoms. The Labute approximate surface area is 122 Å². The number of nitrogen functional groups attached to an aromatic ring is 1. The van der Waals surface area contributed by atoms with Crippen LogP contribution in [0.3, 0.4) is 0 Å². The van der Waals surface area contributed by atoms with Gasteiger partial charge in [-0.15, -0.1) is 22.7 Å². The van der Waals surface area contributed by atoms with Gasteiger partial charge in [0.1, 0.15) is 10.7 Å². The van der Waals surface area contributed by atoms with Crippen LogP contribution in [0, 0.1) is 5.82 Å². The summed E-state index contributed by atoms with van der Waals surface area (Å²) in [6, 6.07) is 4.69. The van der Waals surface area contributed by atoms with Crippen molar-refractivity contribution in [1.82, 2.24) is 10.3 Å². The van der Waals surface area contributed by atoms with Crippen molar-refractivity contribution >= 4 is 44.4 Å². The number of fused-ring (bicyclic) bond motifs is 1. The number of halogens is 1. The Morgan fingerprint density at radius 2 is 2.30 bits per heavy atom. The maximum atomic E-state index is 13.7. The fourth-order valence-electron chi connectivity index (χ4n) is 1.88. The molecular formula is C13H10FN3OS2. The van der Waals surface area contributed by atoms with Crippen LogP contribution >= 0.6 is 22.7 Å². The summed E-state index contributed by atoms with van der Waals surface area (Å²) in [5.41, 5.74) is 7.79. The van der Waals surface area contributed by atoms with Crippen LogP contribution in [0.15, 0.2) is 29.9 Å². The minimum atomic E-state index is -0.405. The van der Waals surface area contributed by atoms with E-state index >= 15 is 0 Å². The van der Waals surface area contributed by atoms with E-state index in [1.165, 1.54) is 28.7 Å². The summed E-state index contributed by atoms with van der Waals surface area (Å²) in [7, 11) is 0. The lowest BCUT2D eigenvalue weighted by Gasteiger charge is -2.02. The number of rotatable bonds is 3. The molecule has 0 fully saturated rings. The molecule has 7 heteroatoms. The van der Waals surface area contributed by atoms with Crippen molar-refractivity contribution in [3.05, 3.63) is 45.5 Å². The molecule has 0 aliphatic rings. The van der Waals surface area contributed by atoms with Crippen LogP contribution in [0.25, 0.3) is 10.1 Å². The Bertz CT molecular complexity index is 767. The molecule has 3 rings (SSSR count). The summed E-state index contributed by atoms with van der Waals surface area (Å²) >= 11 is 2.65. The van der Waals surface area contributed by atoms with Crippen molar-refractivity contribution in [2.24, 2.45) is 0 Å². The van der Waals surface area contributed by atoms with Gasteiger partial charge in [-0.1, -0.05) is 6.07 Å². The first kappa shape index (κ1) is 13.0. The summed E-state index contributed by atoms with van der Waals surface area (Å²) in [5, 5.41) is 3.08. The minimum Gasteiger partial charge on any atom is -0.397 e. The van der Waals surface area contributed by atoms with Gasteiger partial charge >= 0.3 is 0 Å². The number of nitrogens with one attached hydrogen (secondary N) is 1. The van der Waals surface area contributed by atoms with E-state index in [-0.39, 0.29) is 11.6 Å². The molecule has 2 aromatic heterocycles. The Morgan fingerprint density at radius 1 is 1.45 bits per heavy atom. The van der Waals surface area contributed by atoms with Crippen LogP contribution in [0.4, 0.5) is 10.1 Å². The van der Waals surface area contributed by atoms with Gasteiger partial charge in [0.2, 0.25) is 0 Å². The SMILES string of the molecule is Nc1c(C(=O)NCc2cncs2)sc2cccc(F)c12. The van der Waals surface area contributed by atoms with E-state index in [1.807, 2.05) is 0 Å². The third-order valence-corrected chi connectivity index (χ3v) is 4.76. The first-order valence-corrected chi connectivity index (χ1v) is 7.48. The van der Waals surface area contributed by atoms with Gasteiger partial charge in [0.05, 0.1) is 23.1 Å². The van der Waals surface area contributed by atoms with Gasteiger partial charge in [-0.05, 0) is 12.1 Å². The highest BCUT2D eigenvalue weighted by Crippen LogP contribution is 2.35. The quantitative estimate of drug-likeness (QED) is 0.781. The van der Waals surface area contributed by atoms with Gasteiger partial charge in [-0.3, -0.25) is 9.78 Å². The zero-order valence-corrected chi connectivity index (χ0v) is 11.9. The van der Waals surface area contributed by atoms with Gasteiger partial charge in [-0.25, -0.2) is 4.39 Å². The van der Waals surface area contributed by atoms with Crippen LogP contribution in [0.1, 0.15) is 14.5 Å². The van der Waals surface area contributed by atoms with Crippen molar-refractivity contribution in [3.8, 4) is 0 Å². The second-order valence-corrected chi connectivity index (χ2v) is 6.13. The second kappa shape index (κ2) is 5.18. The van der Waals surface area contributed by atoms with Crippen molar-refractivity contribution in [1.29, 1.82) is 0 Å². The zero-order valence-electron chi connectivity index (χ0n) is 10.2. The minimum absolute atomic E-state index is 0.199. The predicted molar refractivity (Wildman–Crippen MR) is 79.5 cm³/mol. The van der Waals surface area contributed by atoms with Crippen LogP contribution in [0.2, 0.25) is 0 Å². The Kier molecular flexibility index (Phi) is 3.37. The van der Waals surface area contributed by atoms with Crippen molar-refractivity contribution in [2.45, 2.75) is 6.54 Å². The average Bonchev–Trinajstić information content (AvgIpc) is 3.05. The Morgan fingerprint density at radius 3 is 3.00 bits per heavy atom. The molecule has 0 atom stereocenters. The summed E-state index contributed by atoms with van der Waals surface area (Å²) in [6.45, 7) is 0.389. The van der Waals surface area contributed by atoms with E-state index in [2.05, 4.69) is 10.3 Å². The number of nitrogens with zero attached hydrogens (tertiary/aromatic N) is 1. The molecule has 1 amide bonds. The van der Waals surface area contributed by atoms with Gasteiger partial charge in [0.25, 0.3) is 5.91 Å². The van der Waals surface area contributed by atoms with Crippen LogP contribution in [-0.4, -0.2) is 10.9 Å². The largest absolute Gasteiger partial charge is 0.397 e. The molecule has 4 nitrogen and oxygen atoms in total. The Balaban J connectivity index is 1.88. The van der Waals surface area contributed by atoms with Crippen LogP contribution in [0.5, 0.6) is 0 Å². The lowest BCUT2D eigenvalue weighted by molar-refractivity contribution is 0.0956. The monoisotopic (exact) mass is 307 g/mol. The molecule has 3 aromatic rings. The molecule has 0 radical (unpaired) electrons. The molecule has 0 saturated heterocycles. The van der Waals surface area contributed by atoms with Crippen LogP contribution in [-0.2, 0) is 6.54 Å². The fourth-order valence-corrected chi connectivity index (χ4v) is 3.46. The molecule has 20 heavy (non-hydrogen) atoms. The number of nitrogens with two attached hydrogens (primary N) is 1. The number of hydrogen-bond acceptors (Lipinski definition) is 5. The van der Waals surface area contributed by atoms with Crippen molar-refractivity contribution < 1.29 is 9.18 Å². The third kappa shape index (κ3) is 2.25. The van der Waals surface area contributed by atoms with Crippen molar-refractivity contribution in [3.63, 3.8) is 0 Å². The molecule has 0 spiro atoms. The lowest BCUT2D eigenvalue weighted by Crippen LogP contribution is -2.22. The molecule has 0 saturated carbocycles. The molecule has 1 aromatic carbocycles. The molecule has 102 valence electrons. The number of amides is 1. The maximum Gasteiger partial charge on any atom is 0.263 e. The van der Waals surface area contributed by atoms with Gasteiger partial charge in [-0.2, -0.15) is 0 Å². The number of thiazole rings is 1. The Hall–Kier alpha value is -1.99. The normalized spacial score (nSPS) is 10.8. The van der Waals surface area contributed by atoms with Gasteiger partial charge < -0.3 is 11.1 Å².